The minimum Gasteiger partial charge on any atom is -0.282 e. The van der Waals surface area contributed by atoms with E-state index < -0.39 is 20.2 Å². The summed E-state index contributed by atoms with van der Waals surface area (Å²) in [5.41, 5.74) is 7.50. The molecule has 0 atom stereocenters. The molecule has 16 heteroatoms. The normalized spacial score (nSPS) is 12.2. The summed E-state index contributed by atoms with van der Waals surface area (Å²) in [6.45, 7) is 3.25. The number of hydrogen-bond acceptors (Lipinski definition) is 10. The standard InChI is InChI=1S/C28H21N5O6S4.Na/c1-15-3-13-21-23(25(15)42(34,35)36)40-27(29-21)17-5-9-19(10-6-17)31-33-32-20-11-7-18(8-12-20)28-30-22-14-4-16(2)26(24(22)41-28)43(37,38)39;/h3-14H,1-2H3,(H,31,32)(H,34,35,36)(H,37,38,39);/q;+1. The molecule has 0 aliphatic rings. The second kappa shape index (κ2) is 12.3. The topological polar surface area (TPSA) is 171 Å². The number of anilines is 1. The van der Waals surface area contributed by atoms with Gasteiger partial charge in [0, 0.05) is 11.1 Å². The van der Waals surface area contributed by atoms with Crippen LogP contribution >= 0.6 is 22.7 Å². The van der Waals surface area contributed by atoms with Gasteiger partial charge in [0.05, 0.1) is 31.8 Å². The average Bonchev–Trinajstić information content (AvgIpc) is 3.56. The Morgan fingerprint density at radius 1 is 0.659 bits per heavy atom. The zero-order valence-corrected chi connectivity index (χ0v) is 28.6. The molecule has 11 nitrogen and oxygen atoms in total. The van der Waals surface area contributed by atoms with Crippen molar-refractivity contribution in [3.05, 3.63) is 83.9 Å². The van der Waals surface area contributed by atoms with E-state index in [0.717, 1.165) is 11.1 Å². The summed E-state index contributed by atoms with van der Waals surface area (Å²) in [4.78, 5) is 8.80. The van der Waals surface area contributed by atoms with Crippen molar-refractivity contribution in [2.45, 2.75) is 23.6 Å². The Balaban J connectivity index is 0.00000384. The molecule has 6 rings (SSSR count). The fourth-order valence-electron chi connectivity index (χ4n) is 4.52. The number of thiazole rings is 2. The van der Waals surface area contributed by atoms with Crippen LogP contribution in [0.3, 0.4) is 0 Å². The van der Waals surface area contributed by atoms with E-state index in [1.54, 1.807) is 74.5 Å². The van der Waals surface area contributed by atoms with Crippen LogP contribution in [-0.4, -0.2) is 35.9 Å². The van der Waals surface area contributed by atoms with Gasteiger partial charge in [-0.1, -0.05) is 17.4 Å². The Labute approximate surface area is 282 Å². The number of aromatic nitrogens is 2. The fraction of sp³-hybridized carbons (Fsp3) is 0.0714. The molecule has 218 valence electrons. The van der Waals surface area contributed by atoms with Gasteiger partial charge in [0.2, 0.25) is 0 Å². The van der Waals surface area contributed by atoms with Crippen molar-refractivity contribution in [1.82, 2.24) is 9.97 Å². The molecule has 0 amide bonds. The fourth-order valence-corrected chi connectivity index (χ4v) is 9.16. The number of rotatable bonds is 7. The summed E-state index contributed by atoms with van der Waals surface area (Å²) in [6.07, 6.45) is 0. The van der Waals surface area contributed by atoms with Crippen LogP contribution in [0.15, 0.2) is 92.9 Å². The molecule has 0 saturated carbocycles. The van der Waals surface area contributed by atoms with Gasteiger partial charge >= 0.3 is 29.6 Å². The molecule has 0 aliphatic carbocycles. The van der Waals surface area contributed by atoms with Crippen LogP contribution in [0.5, 0.6) is 0 Å². The van der Waals surface area contributed by atoms with E-state index in [2.05, 4.69) is 25.7 Å². The third-order valence-electron chi connectivity index (χ3n) is 6.52. The van der Waals surface area contributed by atoms with Crippen LogP contribution in [0.2, 0.25) is 0 Å². The van der Waals surface area contributed by atoms with Gasteiger partial charge in [-0.15, -0.1) is 27.8 Å². The van der Waals surface area contributed by atoms with Crippen molar-refractivity contribution < 1.29 is 55.5 Å². The van der Waals surface area contributed by atoms with Crippen LogP contribution in [0, 0.1) is 13.8 Å². The molecule has 2 heterocycles. The van der Waals surface area contributed by atoms with Gasteiger partial charge in [0.25, 0.3) is 20.2 Å². The number of nitrogens with zero attached hydrogens (tertiary/aromatic N) is 4. The maximum Gasteiger partial charge on any atom is 1.00 e. The molecule has 0 aliphatic heterocycles. The average molecular weight is 675 g/mol. The second-order valence-corrected chi connectivity index (χ2v) is 14.3. The summed E-state index contributed by atoms with van der Waals surface area (Å²) < 4.78 is 67.8. The molecule has 0 radical (unpaired) electrons. The molecule has 0 fully saturated rings. The maximum absolute atomic E-state index is 11.9. The molecule has 0 bridgehead atoms. The van der Waals surface area contributed by atoms with Crippen molar-refractivity contribution in [1.29, 1.82) is 0 Å². The maximum atomic E-state index is 11.9. The zero-order valence-electron chi connectivity index (χ0n) is 23.4. The van der Waals surface area contributed by atoms with Crippen molar-refractivity contribution >= 4 is 74.7 Å². The summed E-state index contributed by atoms with van der Waals surface area (Å²) in [5.74, 6) is 0. The minimum atomic E-state index is -4.39. The summed E-state index contributed by atoms with van der Waals surface area (Å²) in [6, 6.07) is 21.0. The molecule has 4 aromatic carbocycles. The molecule has 2 aromatic heterocycles. The van der Waals surface area contributed by atoms with Gasteiger partial charge in [0.15, 0.2) is 0 Å². The van der Waals surface area contributed by atoms with Gasteiger partial charge in [-0.2, -0.15) is 16.8 Å². The van der Waals surface area contributed by atoms with Gasteiger partial charge in [-0.25, -0.2) is 9.97 Å². The molecule has 0 unspecified atom stereocenters. The van der Waals surface area contributed by atoms with E-state index >= 15 is 0 Å². The monoisotopic (exact) mass is 674 g/mol. The van der Waals surface area contributed by atoms with Crippen LogP contribution < -0.4 is 35.0 Å². The van der Waals surface area contributed by atoms with E-state index in [0.29, 0.717) is 53.0 Å². The Kier molecular flexibility index (Phi) is 9.06. The smallest absolute Gasteiger partial charge is 0.282 e. The van der Waals surface area contributed by atoms with E-state index in [-0.39, 0.29) is 39.3 Å². The van der Waals surface area contributed by atoms with Gasteiger partial charge < -0.3 is 0 Å². The third-order valence-corrected chi connectivity index (χ3v) is 11.1. The van der Waals surface area contributed by atoms with Crippen LogP contribution in [0.4, 0.5) is 11.4 Å². The molecule has 44 heavy (non-hydrogen) atoms. The quantitative estimate of drug-likeness (QED) is 0.0957. The first kappa shape index (κ1) is 32.3. The van der Waals surface area contributed by atoms with E-state index in [4.69, 9.17) is 0 Å². The summed E-state index contributed by atoms with van der Waals surface area (Å²) in [7, 11) is -8.79. The van der Waals surface area contributed by atoms with Crippen molar-refractivity contribution in [2.75, 3.05) is 5.43 Å². The van der Waals surface area contributed by atoms with Gasteiger partial charge in [0.1, 0.15) is 19.8 Å². The van der Waals surface area contributed by atoms with Crippen LogP contribution in [0.1, 0.15) is 11.1 Å². The first-order valence-corrected chi connectivity index (χ1v) is 17.0. The van der Waals surface area contributed by atoms with E-state index in [1.807, 2.05) is 12.1 Å². The first-order valence-electron chi connectivity index (χ1n) is 12.5. The minimum absolute atomic E-state index is 0. The van der Waals surface area contributed by atoms with Gasteiger partial charge in [-0.05, 0) is 85.6 Å². The zero-order chi connectivity index (χ0) is 30.5. The predicted molar refractivity (Wildman–Crippen MR) is 167 cm³/mol. The van der Waals surface area contributed by atoms with Crippen molar-refractivity contribution in [3.8, 4) is 21.1 Å². The second-order valence-electron chi connectivity index (χ2n) is 9.54. The summed E-state index contributed by atoms with van der Waals surface area (Å²) >= 11 is 2.37. The Morgan fingerprint density at radius 2 is 1.09 bits per heavy atom. The molecular weight excluding hydrogens is 654 g/mol. The van der Waals surface area contributed by atoms with E-state index in [1.165, 1.54) is 22.7 Å². The number of hydrogen-bond donors (Lipinski definition) is 3. The molecule has 0 spiro atoms. The Morgan fingerprint density at radius 3 is 1.52 bits per heavy atom. The third kappa shape index (κ3) is 6.47. The van der Waals surface area contributed by atoms with Crippen molar-refractivity contribution in [2.24, 2.45) is 10.3 Å². The van der Waals surface area contributed by atoms with Crippen LogP contribution in [0.25, 0.3) is 41.6 Å². The Bertz CT molecular complexity index is 2280. The number of benzene rings is 4. The molecule has 3 N–H and O–H groups in total. The van der Waals surface area contributed by atoms with Gasteiger partial charge in [-0.3, -0.25) is 14.5 Å². The number of fused-ring (bicyclic) bond motifs is 2. The largest absolute Gasteiger partial charge is 1.00 e. The first-order chi connectivity index (χ1) is 20.4. The van der Waals surface area contributed by atoms with E-state index in [9.17, 15) is 25.9 Å². The predicted octanol–water partition coefficient (Wildman–Crippen LogP) is 4.47. The molecular formula is C28H21N5NaO6S4+. The molecule has 0 saturated heterocycles. The number of aryl methyl sites for hydroxylation is 2. The van der Waals surface area contributed by atoms with Crippen molar-refractivity contribution in [3.63, 3.8) is 0 Å². The number of nitrogens with one attached hydrogen (secondary N) is 1. The SMILES string of the molecule is Cc1ccc2nc(-c3ccc(N=NNc4ccc(-c5nc6ccc(C)c(S(=O)(=O)O)c6s5)cc4)cc3)sc2c1S(=O)(=O)O.[Na+]. The summed E-state index contributed by atoms with van der Waals surface area (Å²) in [5, 5.41) is 9.43. The molecule has 6 aromatic rings. The Hall–Kier alpha value is -3.12. The van der Waals surface area contributed by atoms with Crippen LogP contribution in [-0.2, 0) is 20.2 Å².